The zero-order chi connectivity index (χ0) is 14.0. The lowest BCUT2D eigenvalue weighted by atomic mass is 9.73. The molecule has 19 heavy (non-hydrogen) atoms. The second-order valence-corrected chi connectivity index (χ2v) is 5.84. The molecule has 0 aliphatic heterocycles. The van der Waals surface area contributed by atoms with Crippen molar-refractivity contribution >= 4 is 11.6 Å². The molecule has 0 amide bonds. The first-order valence-corrected chi connectivity index (χ1v) is 7.23. The van der Waals surface area contributed by atoms with Crippen LogP contribution in [0.5, 0.6) is 0 Å². The van der Waals surface area contributed by atoms with E-state index in [4.69, 9.17) is 11.6 Å². The molecular formula is C15H20ClF2N. The lowest BCUT2D eigenvalue weighted by Crippen LogP contribution is -2.34. The molecule has 1 aliphatic carbocycles. The molecule has 0 saturated heterocycles. The van der Waals surface area contributed by atoms with Crippen molar-refractivity contribution in [3.05, 3.63) is 34.4 Å². The summed E-state index contributed by atoms with van der Waals surface area (Å²) in [5.74, 6) is -1.72. The third kappa shape index (κ3) is 2.63. The fourth-order valence-electron chi connectivity index (χ4n) is 3.48. The van der Waals surface area contributed by atoms with Gasteiger partial charge in [0.15, 0.2) is 11.6 Å². The molecule has 1 unspecified atom stereocenters. The van der Waals surface area contributed by atoms with Gasteiger partial charge in [-0.3, -0.25) is 0 Å². The first-order chi connectivity index (χ1) is 9.04. The summed E-state index contributed by atoms with van der Waals surface area (Å²) in [5, 5.41) is 3.57. The highest BCUT2D eigenvalue weighted by Crippen LogP contribution is 2.51. The number of nitrogens with one attached hydrogen (secondary N) is 1. The number of rotatable bonds is 4. The zero-order valence-corrected chi connectivity index (χ0v) is 12.2. The highest BCUT2D eigenvalue weighted by atomic mass is 35.5. The second-order valence-electron chi connectivity index (χ2n) is 5.43. The SMILES string of the molecule is CCC1(C(NC)c2cc(F)c(F)cc2Cl)CCCC1. The number of benzene rings is 1. The van der Waals surface area contributed by atoms with Gasteiger partial charge in [-0.25, -0.2) is 8.78 Å². The van der Waals surface area contributed by atoms with Crippen molar-refractivity contribution in [1.82, 2.24) is 5.32 Å². The maximum Gasteiger partial charge on any atom is 0.160 e. The van der Waals surface area contributed by atoms with Gasteiger partial charge in [0, 0.05) is 11.1 Å². The molecule has 1 fully saturated rings. The third-order valence-electron chi connectivity index (χ3n) is 4.56. The van der Waals surface area contributed by atoms with E-state index in [0.717, 1.165) is 25.3 Å². The van der Waals surface area contributed by atoms with Crippen LogP contribution in [0.4, 0.5) is 8.78 Å². The Morgan fingerprint density at radius 1 is 1.26 bits per heavy atom. The largest absolute Gasteiger partial charge is 0.312 e. The monoisotopic (exact) mass is 287 g/mol. The van der Waals surface area contributed by atoms with Crippen LogP contribution in [-0.4, -0.2) is 7.05 Å². The Balaban J connectivity index is 2.44. The van der Waals surface area contributed by atoms with Gasteiger partial charge >= 0.3 is 0 Å². The van der Waals surface area contributed by atoms with Crippen LogP contribution in [0.2, 0.25) is 5.02 Å². The summed E-state index contributed by atoms with van der Waals surface area (Å²) in [5.41, 5.74) is 0.773. The minimum Gasteiger partial charge on any atom is -0.312 e. The standard InChI is InChI=1S/C15H20ClF2N/c1-3-15(6-4-5-7-15)14(19-2)10-8-12(17)13(18)9-11(10)16/h8-9,14,19H,3-7H2,1-2H3. The van der Waals surface area contributed by atoms with Crippen molar-refractivity contribution in [2.75, 3.05) is 7.05 Å². The fourth-order valence-corrected chi connectivity index (χ4v) is 3.74. The van der Waals surface area contributed by atoms with E-state index >= 15 is 0 Å². The summed E-state index contributed by atoms with van der Waals surface area (Å²) in [7, 11) is 1.86. The van der Waals surface area contributed by atoms with Crippen LogP contribution < -0.4 is 5.32 Å². The Kier molecular flexibility index (Phi) is 4.46. The Hall–Kier alpha value is -0.670. The lowest BCUT2D eigenvalue weighted by Gasteiger charge is -2.37. The van der Waals surface area contributed by atoms with E-state index in [1.165, 1.54) is 18.9 Å². The minimum atomic E-state index is -0.888. The van der Waals surface area contributed by atoms with Crippen LogP contribution in [0.15, 0.2) is 12.1 Å². The van der Waals surface area contributed by atoms with Gasteiger partial charge in [-0.15, -0.1) is 0 Å². The van der Waals surface area contributed by atoms with Crippen molar-refractivity contribution in [2.45, 2.75) is 45.1 Å². The Labute approximate surface area is 118 Å². The molecule has 1 saturated carbocycles. The quantitative estimate of drug-likeness (QED) is 0.781. The Morgan fingerprint density at radius 2 is 1.84 bits per heavy atom. The van der Waals surface area contributed by atoms with Gasteiger partial charge in [-0.2, -0.15) is 0 Å². The van der Waals surface area contributed by atoms with E-state index in [9.17, 15) is 8.78 Å². The van der Waals surface area contributed by atoms with Gasteiger partial charge in [0.1, 0.15) is 0 Å². The molecular weight excluding hydrogens is 268 g/mol. The molecule has 0 spiro atoms. The summed E-state index contributed by atoms with van der Waals surface area (Å²) >= 11 is 6.13. The van der Waals surface area contributed by atoms with E-state index in [-0.39, 0.29) is 11.5 Å². The third-order valence-corrected chi connectivity index (χ3v) is 4.88. The summed E-state index contributed by atoms with van der Waals surface area (Å²) in [6.07, 6.45) is 5.59. The highest BCUT2D eigenvalue weighted by Gasteiger charge is 2.40. The van der Waals surface area contributed by atoms with E-state index < -0.39 is 11.6 Å². The second kappa shape index (κ2) is 5.76. The molecule has 106 valence electrons. The fraction of sp³-hybridized carbons (Fsp3) is 0.600. The van der Waals surface area contributed by atoms with Crippen molar-refractivity contribution in [3.63, 3.8) is 0 Å². The van der Waals surface area contributed by atoms with E-state index in [1.54, 1.807) is 0 Å². The van der Waals surface area contributed by atoms with Gasteiger partial charge in [0.05, 0.1) is 0 Å². The average Bonchev–Trinajstić information content (AvgIpc) is 2.86. The maximum atomic E-state index is 13.5. The molecule has 1 aliphatic rings. The van der Waals surface area contributed by atoms with Crippen molar-refractivity contribution < 1.29 is 8.78 Å². The van der Waals surface area contributed by atoms with Crippen molar-refractivity contribution in [3.8, 4) is 0 Å². The molecule has 0 aromatic heterocycles. The van der Waals surface area contributed by atoms with E-state index in [0.29, 0.717) is 10.6 Å². The summed E-state index contributed by atoms with van der Waals surface area (Å²) in [6, 6.07) is 2.30. The molecule has 4 heteroatoms. The zero-order valence-electron chi connectivity index (χ0n) is 11.4. The maximum absolute atomic E-state index is 13.5. The van der Waals surface area contributed by atoms with E-state index in [1.807, 2.05) is 7.05 Å². The van der Waals surface area contributed by atoms with Gasteiger partial charge < -0.3 is 5.32 Å². The van der Waals surface area contributed by atoms with Crippen molar-refractivity contribution in [1.29, 1.82) is 0 Å². The topological polar surface area (TPSA) is 12.0 Å². The van der Waals surface area contributed by atoms with Gasteiger partial charge in [-0.1, -0.05) is 31.4 Å². The van der Waals surface area contributed by atoms with Crippen LogP contribution >= 0.6 is 11.6 Å². The predicted octanol–water partition coefficient (Wildman–Crippen LogP) is 4.85. The van der Waals surface area contributed by atoms with Gasteiger partial charge in [0.25, 0.3) is 0 Å². The first kappa shape index (κ1) is 14.7. The van der Waals surface area contributed by atoms with Crippen LogP contribution in [0.25, 0.3) is 0 Å². The predicted molar refractivity (Wildman–Crippen MR) is 74.4 cm³/mol. The smallest absolute Gasteiger partial charge is 0.160 e. The molecule has 0 bridgehead atoms. The molecule has 1 aromatic carbocycles. The van der Waals surface area contributed by atoms with Crippen LogP contribution in [0.3, 0.4) is 0 Å². The number of hydrogen-bond acceptors (Lipinski definition) is 1. The summed E-state index contributed by atoms with van der Waals surface area (Å²) in [4.78, 5) is 0. The van der Waals surface area contributed by atoms with Gasteiger partial charge in [0.2, 0.25) is 0 Å². The summed E-state index contributed by atoms with van der Waals surface area (Å²) < 4.78 is 26.7. The molecule has 1 N–H and O–H groups in total. The molecule has 0 radical (unpaired) electrons. The van der Waals surface area contributed by atoms with Crippen molar-refractivity contribution in [2.24, 2.45) is 5.41 Å². The Morgan fingerprint density at radius 3 is 2.37 bits per heavy atom. The van der Waals surface area contributed by atoms with Crippen LogP contribution in [0, 0.1) is 17.0 Å². The first-order valence-electron chi connectivity index (χ1n) is 6.86. The average molecular weight is 288 g/mol. The van der Waals surface area contributed by atoms with Gasteiger partial charge in [-0.05, 0) is 49.4 Å². The van der Waals surface area contributed by atoms with Crippen LogP contribution in [-0.2, 0) is 0 Å². The number of hydrogen-bond donors (Lipinski definition) is 1. The Bertz CT molecular complexity index is 456. The molecule has 0 heterocycles. The highest BCUT2D eigenvalue weighted by molar-refractivity contribution is 6.31. The normalized spacial score (nSPS) is 19.6. The molecule has 2 rings (SSSR count). The molecule has 1 nitrogen and oxygen atoms in total. The molecule has 1 aromatic rings. The summed E-state index contributed by atoms with van der Waals surface area (Å²) in [6.45, 7) is 2.16. The van der Waals surface area contributed by atoms with Crippen LogP contribution in [0.1, 0.15) is 50.6 Å². The minimum absolute atomic E-state index is 0.0254. The molecule has 1 atom stereocenters. The lowest BCUT2D eigenvalue weighted by molar-refractivity contribution is 0.195. The van der Waals surface area contributed by atoms with E-state index in [2.05, 4.69) is 12.2 Å². The number of halogens is 3.